The van der Waals surface area contributed by atoms with E-state index in [-0.39, 0.29) is 0 Å². The van der Waals surface area contributed by atoms with Gasteiger partial charge in [0.2, 0.25) is 0 Å². The Hall–Kier alpha value is -1.60. The van der Waals surface area contributed by atoms with E-state index in [1.54, 1.807) is 5.56 Å². The molecule has 1 N–H and O–H groups in total. The summed E-state index contributed by atoms with van der Waals surface area (Å²) < 4.78 is 0. The molecular weight excluding hydrogens is 254 g/mol. The topological polar surface area (TPSA) is 12.0 Å². The highest BCUT2D eigenvalue weighted by atomic mass is 14.9. The minimum absolute atomic E-state index is 0.605. The molecule has 110 valence electrons. The standard InChI is InChI=1S/C20H25N/c1-15-10-11-16(2)19(12-15)14-21-20-9-5-8-17-6-3-4-7-18(17)13-20/h3-4,6-7,10-12,20-21H,5,8-9,13-14H2,1-2H3. The van der Waals surface area contributed by atoms with Crippen molar-refractivity contribution in [2.45, 2.75) is 52.1 Å². The molecule has 1 aliphatic rings. The zero-order chi connectivity index (χ0) is 14.7. The number of benzene rings is 2. The first-order valence-corrected chi connectivity index (χ1v) is 8.08. The first-order valence-electron chi connectivity index (χ1n) is 8.08. The molecule has 0 saturated carbocycles. The molecule has 0 radical (unpaired) electrons. The van der Waals surface area contributed by atoms with Crippen molar-refractivity contribution in [3.63, 3.8) is 0 Å². The van der Waals surface area contributed by atoms with Crippen LogP contribution in [0.15, 0.2) is 42.5 Å². The van der Waals surface area contributed by atoms with Crippen molar-refractivity contribution in [1.82, 2.24) is 5.32 Å². The Kier molecular flexibility index (Phi) is 4.40. The first kappa shape index (κ1) is 14.3. The predicted molar refractivity (Wildman–Crippen MR) is 89.6 cm³/mol. The summed E-state index contributed by atoms with van der Waals surface area (Å²) in [4.78, 5) is 0. The molecule has 1 heteroatoms. The van der Waals surface area contributed by atoms with E-state index in [0.29, 0.717) is 6.04 Å². The third kappa shape index (κ3) is 3.54. The van der Waals surface area contributed by atoms with Crippen LogP contribution in [0.3, 0.4) is 0 Å². The number of rotatable bonds is 3. The normalized spacial score (nSPS) is 18.1. The summed E-state index contributed by atoms with van der Waals surface area (Å²) in [5.41, 5.74) is 7.26. The van der Waals surface area contributed by atoms with Gasteiger partial charge in [-0.2, -0.15) is 0 Å². The average Bonchev–Trinajstić information content (AvgIpc) is 2.70. The van der Waals surface area contributed by atoms with Crippen molar-refractivity contribution >= 4 is 0 Å². The summed E-state index contributed by atoms with van der Waals surface area (Å²) in [7, 11) is 0. The van der Waals surface area contributed by atoms with Gasteiger partial charge in [0.05, 0.1) is 0 Å². The van der Waals surface area contributed by atoms with Gasteiger partial charge in [-0.15, -0.1) is 0 Å². The Bertz CT molecular complexity index is 615. The van der Waals surface area contributed by atoms with E-state index in [4.69, 9.17) is 0 Å². The molecule has 0 saturated heterocycles. The fraction of sp³-hybridized carbons (Fsp3) is 0.400. The van der Waals surface area contributed by atoms with Gasteiger partial charge in [0, 0.05) is 12.6 Å². The second kappa shape index (κ2) is 6.44. The van der Waals surface area contributed by atoms with Crippen molar-refractivity contribution in [2.24, 2.45) is 0 Å². The maximum absolute atomic E-state index is 3.79. The first-order chi connectivity index (χ1) is 10.2. The van der Waals surface area contributed by atoms with Crippen LogP contribution in [-0.2, 0) is 19.4 Å². The third-order valence-corrected chi connectivity index (χ3v) is 4.67. The summed E-state index contributed by atoms with van der Waals surface area (Å²) >= 11 is 0. The third-order valence-electron chi connectivity index (χ3n) is 4.67. The Morgan fingerprint density at radius 3 is 2.71 bits per heavy atom. The van der Waals surface area contributed by atoms with E-state index in [9.17, 15) is 0 Å². The highest BCUT2D eigenvalue weighted by Gasteiger charge is 2.16. The van der Waals surface area contributed by atoms with Crippen LogP contribution in [0.25, 0.3) is 0 Å². The van der Waals surface area contributed by atoms with Crippen molar-refractivity contribution in [3.8, 4) is 0 Å². The molecule has 2 aromatic carbocycles. The zero-order valence-electron chi connectivity index (χ0n) is 13.2. The maximum Gasteiger partial charge on any atom is 0.0210 e. The quantitative estimate of drug-likeness (QED) is 0.824. The van der Waals surface area contributed by atoms with Crippen LogP contribution < -0.4 is 5.32 Å². The van der Waals surface area contributed by atoms with E-state index in [1.807, 2.05) is 0 Å². The Labute approximate surface area is 128 Å². The van der Waals surface area contributed by atoms with E-state index >= 15 is 0 Å². The smallest absolute Gasteiger partial charge is 0.0210 e. The lowest BCUT2D eigenvalue weighted by molar-refractivity contribution is 0.474. The van der Waals surface area contributed by atoms with Crippen molar-refractivity contribution < 1.29 is 0 Å². The molecule has 0 fully saturated rings. The molecule has 0 bridgehead atoms. The minimum atomic E-state index is 0.605. The Balaban J connectivity index is 1.67. The molecule has 2 aromatic rings. The number of nitrogens with one attached hydrogen (secondary N) is 1. The fourth-order valence-corrected chi connectivity index (χ4v) is 3.33. The molecule has 1 atom stereocenters. The second-order valence-corrected chi connectivity index (χ2v) is 6.37. The van der Waals surface area contributed by atoms with Gasteiger partial charge < -0.3 is 5.32 Å². The lowest BCUT2D eigenvalue weighted by Gasteiger charge is -2.18. The van der Waals surface area contributed by atoms with Gasteiger partial charge >= 0.3 is 0 Å². The fourth-order valence-electron chi connectivity index (χ4n) is 3.33. The highest BCUT2D eigenvalue weighted by Crippen LogP contribution is 2.21. The molecule has 3 rings (SSSR count). The maximum atomic E-state index is 3.79. The molecule has 1 nitrogen and oxygen atoms in total. The SMILES string of the molecule is Cc1ccc(C)c(CNC2CCCc3ccccc3C2)c1. The Morgan fingerprint density at radius 1 is 1.05 bits per heavy atom. The van der Waals surface area contributed by atoms with Crippen LogP contribution in [0.4, 0.5) is 0 Å². The van der Waals surface area contributed by atoms with E-state index in [0.717, 1.165) is 6.54 Å². The van der Waals surface area contributed by atoms with Gasteiger partial charge in [-0.3, -0.25) is 0 Å². The van der Waals surface area contributed by atoms with Gasteiger partial charge in [0.1, 0.15) is 0 Å². The van der Waals surface area contributed by atoms with Crippen LogP contribution >= 0.6 is 0 Å². The van der Waals surface area contributed by atoms with Crippen LogP contribution in [0.5, 0.6) is 0 Å². The molecule has 1 unspecified atom stereocenters. The average molecular weight is 279 g/mol. The summed E-state index contributed by atoms with van der Waals surface area (Å²) in [6.45, 7) is 5.37. The molecule has 0 aliphatic heterocycles. The minimum Gasteiger partial charge on any atom is -0.310 e. The number of fused-ring (bicyclic) bond motifs is 1. The largest absolute Gasteiger partial charge is 0.310 e. The van der Waals surface area contributed by atoms with E-state index < -0.39 is 0 Å². The number of aryl methyl sites for hydroxylation is 3. The summed E-state index contributed by atoms with van der Waals surface area (Å²) in [6.07, 6.45) is 4.97. The lowest BCUT2D eigenvalue weighted by Crippen LogP contribution is -2.30. The molecule has 1 aliphatic carbocycles. The highest BCUT2D eigenvalue weighted by molar-refractivity contribution is 5.31. The summed E-state index contributed by atoms with van der Waals surface area (Å²) in [6, 6.07) is 16.3. The molecule has 0 amide bonds. The molecule has 0 aromatic heterocycles. The zero-order valence-corrected chi connectivity index (χ0v) is 13.2. The van der Waals surface area contributed by atoms with Gasteiger partial charge in [0.15, 0.2) is 0 Å². The summed E-state index contributed by atoms with van der Waals surface area (Å²) in [5, 5.41) is 3.79. The van der Waals surface area contributed by atoms with E-state index in [1.165, 1.54) is 47.9 Å². The lowest BCUT2D eigenvalue weighted by atomic mass is 10.0. The molecular formula is C20H25N. The monoisotopic (exact) mass is 279 g/mol. The number of hydrogen-bond donors (Lipinski definition) is 1. The summed E-state index contributed by atoms with van der Waals surface area (Å²) in [5.74, 6) is 0. The molecule has 0 heterocycles. The van der Waals surface area contributed by atoms with Crippen molar-refractivity contribution in [2.75, 3.05) is 0 Å². The molecule has 21 heavy (non-hydrogen) atoms. The van der Waals surface area contributed by atoms with Crippen LogP contribution in [0.1, 0.15) is 40.7 Å². The predicted octanol–water partition coefficient (Wildman–Crippen LogP) is 4.34. The van der Waals surface area contributed by atoms with Gasteiger partial charge in [-0.05, 0) is 61.8 Å². The van der Waals surface area contributed by atoms with Gasteiger partial charge in [-0.25, -0.2) is 0 Å². The van der Waals surface area contributed by atoms with Crippen LogP contribution in [0, 0.1) is 13.8 Å². The number of hydrogen-bond acceptors (Lipinski definition) is 1. The van der Waals surface area contributed by atoms with Gasteiger partial charge in [-0.1, -0.05) is 48.0 Å². The Morgan fingerprint density at radius 2 is 1.86 bits per heavy atom. The van der Waals surface area contributed by atoms with E-state index in [2.05, 4.69) is 61.6 Å². The van der Waals surface area contributed by atoms with Gasteiger partial charge in [0.25, 0.3) is 0 Å². The van der Waals surface area contributed by atoms with Crippen molar-refractivity contribution in [3.05, 3.63) is 70.3 Å². The second-order valence-electron chi connectivity index (χ2n) is 6.37. The van der Waals surface area contributed by atoms with Crippen LogP contribution in [-0.4, -0.2) is 6.04 Å². The molecule has 0 spiro atoms. The van der Waals surface area contributed by atoms with Crippen molar-refractivity contribution in [1.29, 1.82) is 0 Å². The van der Waals surface area contributed by atoms with Crippen LogP contribution in [0.2, 0.25) is 0 Å².